The number of ether oxygens (including phenoxy) is 1. The second kappa shape index (κ2) is 10.5. The van der Waals surface area contributed by atoms with Crippen molar-refractivity contribution in [1.29, 1.82) is 0 Å². The lowest BCUT2D eigenvalue weighted by atomic mass is 9.77. The Morgan fingerprint density at radius 2 is 1.79 bits per heavy atom. The fraction of sp³-hybridized carbons (Fsp3) is 0.343. The van der Waals surface area contributed by atoms with Crippen LogP contribution in [0.15, 0.2) is 56.8 Å². The van der Waals surface area contributed by atoms with Crippen molar-refractivity contribution in [3.63, 3.8) is 0 Å². The standard InChI is InChI=1S/C35H38O7/c1-17(2)9-8-10-19(5)11-12-21-32-20(13-14-35(6,7)42-32)29(38)28-30(39)23-15-22(18(3)4)26-27(34(23)41-33(21)28)24(36)16-25(37)31(26)40/h9,11,13-14,16,22,36-38,40H,3,8,10,12,15H2,1-2,4-7H3. The molecular formula is C35H38O7. The molecular weight excluding hydrogens is 532 g/mol. The minimum absolute atomic E-state index is 0.0393. The van der Waals surface area contributed by atoms with Gasteiger partial charge < -0.3 is 29.6 Å². The molecule has 3 aromatic rings. The van der Waals surface area contributed by atoms with Crippen LogP contribution in [0.25, 0.3) is 28.4 Å². The van der Waals surface area contributed by atoms with Gasteiger partial charge in [0.15, 0.2) is 16.9 Å². The lowest BCUT2D eigenvalue weighted by Crippen LogP contribution is -2.28. The average Bonchev–Trinajstić information content (AvgIpc) is 2.89. The Balaban J connectivity index is 1.82. The Morgan fingerprint density at radius 3 is 2.45 bits per heavy atom. The highest BCUT2D eigenvalue weighted by Crippen LogP contribution is 2.54. The normalized spacial score (nSPS) is 16.8. The molecule has 0 bridgehead atoms. The fourth-order valence-electron chi connectivity index (χ4n) is 5.87. The van der Waals surface area contributed by atoms with Gasteiger partial charge in [0, 0.05) is 28.7 Å². The van der Waals surface area contributed by atoms with Crippen molar-refractivity contribution < 1.29 is 29.6 Å². The Bertz CT molecular complexity index is 1790. The lowest BCUT2D eigenvalue weighted by Gasteiger charge is -2.31. The van der Waals surface area contributed by atoms with Gasteiger partial charge in [0.25, 0.3) is 0 Å². The Kier molecular flexibility index (Phi) is 7.25. The first-order valence-corrected chi connectivity index (χ1v) is 14.2. The monoisotopic (exact) mass is 570 g/mol. The molecule has 0 fully saturated rings. The first-order valence-electron chi connectivity index (χ1n) is 14.2. The van der Waals surface area contributed by atoms with Gasteiger partial charge in [0.2, 0.25) is 0 Å². The number of hydrogen-bond donors (Lipinski definition) is 4. The molecule has 7 nitrogen and oxygen atoms in total. The van der Waals surface area contributed by atoms with E-state index in [1.165, 1.54) is 5.57 Å². The van der Waals surface area contributed by atoms with Crippen LogP contribution in [0.3, 0.4) is 0 Å². The van der Waals surface area contributed by atoms with E-state index in [0.717, 1.165) is 24.5 Å². The Hall–Kier alpha value is -4.39. The number of allylic oxidation sites excluding steroid dienone is 5. The van der Waals surface area contributed by atoms with E-state index in [9.17, 15) is 25.2 Å². The van der Waals surface area contributed by atoms with Gasteiger partial charge >= 0.3 is 0 Å². The van der Waals surface area contributed by atoms with Crippen LogP contribution in [0, 0.1) is 0 Å². The summed E-state index contributed by atoms with van der Waals surface area (Å²) in [5, 5.41) is 43.7. The molecule has 1 aliphatic carbocycles. The molecule has 2 aliphatic rings. The molecule has 1 aromatic heterocycles. The molecule has 1 aliphatic heterocycles. The van der Waals surface area contributed by atoms with Crippen molar-refractivity contribution in [3.8, 4) is 40.1 Å². The zero-order valence-electron chi connectivity index (χ0n) is 25.0. The smallest absolute Gasteiger partial charge is 0.200 e. The van der Waals surface area contributed by atoms with E-state index in [-0.39, 0.29) is 51.3 Å². The highest BCUT2D eigenvalue weighted by Gasteiger charge is 2.38. The van der Waals surface area contributed by atoms with Gasteiger partial charge in [-0.2, -0.15) is 0 Å². The minimum atomic E-state index is -0.665. The molecule has 220 valence electrons. The third-order valence-corrected chi connectivity index (χ3v) is 8.13. The van der Waals surface area contributed by atoms with Gasteiger partial charge in [-0.05, 0) is 79.4 Å². The second-order valence-corrected chi connectivity index (χ2v) is 12.3. The molecule has 4 N–H and O–H groups in total. The van der Waals surface area contributed by atoms with E-state index >= 15 is 0 Å². The number of benzene rings is 2. The molecule has 7 heteroatoms. The number of phenols is 4. The summed E-state index contributed by atoms with van der Waals surface area (Å²) < 4.78 is 12.9. The van der Waals surface area contributed by atoms with Gasteiger partial charge in [-0.25, -0.2) is 0 Å². The molecule has 2 aromatic carbocycles. The Morgan fingerprint density at radius 1 is 1.07 bits per heavy atom. The van der Waals surface area contributed by atoms with Crippen molar-refractivity contribution in [2.24, 2.45) is 0 Å². The third-order valence-electron chi connectivity index (χ3n) is 8.13. The summed E-state index contributed by atoms with van der Waals surface area (Å²) in [6.45, 7) is 15.8. The topological polar surface area (TPSA) is 120 Å². The summed E-state index contributed by atoms with van der Waals surface area (Å²) in [7, 11) is 0. The second-order valence-electron chi connectivity index (χ2n) is 12.3. The molecule has 0 spiro atoms. The molecule has 5 rings (SSSR count). The van der Waals surface area contributed by atoms with E-state index < -0.39 is 28.4 Å². The van der Waals surface area contributed by atoms with Crippen molar-refractivity contribution in [2.45, 2.75) is 78.7 Å². The van der Waals surface area contributed by atoms with Crippen LogP contribution in [0.5, 0.6) is 28.7 Å². The van der Waals surface area contributed by atoms with Crippen LogP contribution in [0.4, 0.5) is 0 Å². The number of hydrogen-bond acceptors (Lipinski definition) is 7. The quantitative estimate of drug-likeness (QED) is 0.135. The molecule has 2 heterocycles. The third kappa shape index (κ3) is 4.87. The molecule has 0 amide bonds. The predicted molar refractivity (Wildman–Crippen MR) is 166 cm³/mol. The van der Waals surface area contributed by atoms with Crippen molar-refractivity contribution >= 4 is 17.0 Å². The van der Waals surface area contributed by atoms with Crippen LogP contribution < -0.4 is 10.2 Å². The molecule has 1 unspecified atom stereocenters. The van der Waals surface area contributed by atoms with Crippen LogP contribution in [-0.2, 0) is 12.8 Å². The van der Waals surface area contributed by atoms with Crippen LogP contribution in [0.1, 0.15) is 82.6 Å². The molecule has 1 atom stereocenters. The number of fused-ring (bicyclic) bond motifs is 5. The van der Waals surface area contributed by atoms with Crippen LogP contribution >= 0.6 is 0 Å². The summed E-state index contributed by atoms with van der Waals surface area (Å²) in [6.07, 6.45) is 10.1. The number of aromatic hydroxyl groups is 4. The summed E-state index contributed by atoms with van der Waals surface area (Å²) >= 11 is 0. The van der Waals surface area contributed by atoms with Crippen LogP contribution in [0.2, 0.25) is 0 Å². The SMILES string of the molecule is C=C(C)C1Cc2c(oc3c(CC=C(C)CCC=C(C)C)c4c(c(O)c3c2=O)C=CC(C)(C)O4)-c2c(O)cc(O)c(O)c21. The largest absolute Gasteiger partial charge is 0.507 e. The summed E-state index contributed by atoms with van der Waals surface area (Å²) in [4.78, 5) is 14.2. The summed E-state index contributed by atoms with van der Waals surface area (Å²) in [5.41, 5.74) is 3.73. The van der Waals surface area contributed by atoms with Crippen LogP contribution in [-0.4, -0.2) is 26.0 Å². The van der Waals surface area contributed by atoms with E-state index in [2.05, 4.69) is 39.5 Å². The van der Waals surface area contributed by atoms with E-state index in [4.69, 9.17) is 9.15 Å². The van der Waals surface area contributed by atoms with Gasteiger partial charge in [-0.3, -0.25) is 4.79 Å². The lowest BCUT2D eigenvalue weighted by molar-refractivity contribution is 0.157. The maximum Gasteiger partial charge on any atom is 0.200 e. The van der Waals surface area contributed by atoms with Gasteiger partial charge in [-0.15, -0.1) is 0 Å². The van der Waals surface area contributed by atoms with Gasteiger partial charge in [-0.1, -0.05) is 35.5 Å². The van der Waals surface area contributed by atoms with E-state index in [1.54, 1.807) is 13.0 Å². The zero-order valence-corrected chi connectivity index (χ0v) is 25.0. The van der Waals surface area contributed by atoms with Crippen molar-refractivity contribution in [2.75, 3.05) is 0 Å². The number of rotatable bonds is 6. The summed E-state index contributed by atoms with van der Waals surface area (Å²) in [5.74, 6) is -1.50. The predicted octanol–water partition coefficient (Wildman–Crippen LogP) is 7.92. The highest BCUT2D eigenvalue weighted by molar-refractivity contribution is 5.96. The molecule has 0 saturated heterocycles. The minimum Gasteiger partial charge on any atom is -0.507 e. The first kappa shape index (κ1) is 29.1. The highest BCUT2D eigenvalue weighted by atomic mass is 16.5. The summed E-state index contributed by atoms with van der Waals surface area (Å²) in [6, 6.07) is 1.03. The molecule has 0 saturated carbocycles. The van der Waals surface area contributed by atoms with Gasteiger partial charge in [0.05, 0.1) is 11.1 Å². The van der Waals surface area contributed by atoms with Crippen molar-refractivity contribution in [3.05, 3.63) is 80.1 Å². The fourth-order valence-corrected chi connectivity index (χ4v) is 5.87. The van der Waals surface area contributed by atoms with Gasteiger partial charge in [0.1, 0.15) is 39.6 Å². The molecule has 0 radical (unpaired) electrons. The zero-order chi connectivity index (χ0) is 30.7. The maximum atomic E-state index is 14.2. The molecule has 42 heavy (non-hydrogen) atoms. The maximum absolute atomic E-state index is 14.2. The van der Waals surface area contributed by atoms with E-state index in [0.29, 0.717) is 28.9 Å². The van der Waals surface area contributed by atoms with E-state index in [1.807, 2.05) is 19.9 Å². The average molecular weight is 571 g/mol. The van der Waals surface area contributed by atoms with Crippen molar-refractivity contribution in [1.82, 2.24) is 0 Å². The number of phenolic OH excluding ortho intramolecular Hbond substituents is 4. The Labute approximate surface area is 245 Å². The first-order chi connectivity index (χ1) is 19.7.